The van der Waals surface area contributed by atoms with E-state index in [1.807, 2.05) is 26.9 Å². The summed E-state index contributed by atoms with van der Waals surface area (Å²) in [5.41, 5.74) is 0.172. The molecule has 1 aliphatic heterocycles. The molecule has 1 amide bonds. The predicted molar refractivity (Wildman–Crippen MR) is 110 cm³/mol. The number of anilines is 1. The van der Waals surface area contributed by atoms with Crippen molar-refractivity contribution in [2.24, 2.45) is 0 Å². The van der Waals surface area contributed by atoms with E-state index >= 15 is 0 Å². The van der Waals surface area contributed by atoms with Gasteiger partial charge in [-0.25, -0.2) is 9.97 Å². The van der Waals surface area contributed by atoms with Crippen LogP contribution in [0.2, 0.25) is 0 Å². The molecule has 156 valence electrons. The minimum absolute atomic E-state index is 0.0378. The molecule has 0 unspecified atom stereocenters. The highest BCUT2D eigenvalue weighted by atomic mass is 32.1. The van der Waals surface area contributed by atoms with Crippen LogP contribution < -0.4 is 4.90 Å². The van der Waals surface area contributed by atoms with E-state index in [-0.39, 0.29) is 5.91 Å². The first-order valence-electron chi connectivity index (χ1n) is 9.33. The molecule has 0 aromatic carbocycles. The van der Waals surface area contributed by atoms with E-state index in [0.717, 1.165) is 27.6 Å². The third kappa shape index (κ3) is 3.41. The van der Waals surface area contributed by atoms with Crippen LogP contribution in [0.25, 0.3) is 15.3 Å². The molecule has 0 spiro atoms. The van der Waals surface area contributed by atoms with Gasteiger partial charge in [-0.2, -0.15) is 13.2 Å². The van der Waals surface area contributed by atoms with E-state index in [2.05, 4.69) is 9.97 Å². The number of nitrogens with zero attached hydrogens (tertiary/aromatic N) is 5. The largest absolute Gasteiger partial charge is 0.417 e. The smallest absolute Gasteiger partial charge is 0.355 e. The summed E-state index contributed by atoms with van der Waals surface area (Å²) in [4.78, 5) is 27.7. The van der Waals surface area contributed by atoms with Gasteiger partial charge in [-0.05, 0) is 24.6 Å². The normalized spacial score (nSPS) is 15.8. The lowest BCUT2D eigenvalue weighted by atomic mass is 10.2. The van der Waals surface area contributed by atoms with Gasteiger partial charge in [0.1, 0.15) is 10.6 Å². The van der Waals surface area contributed by atoms with Crippen molar-refractivity contribution in [3.8, 4) is 0 Å². The van der Waals surface area contributed by atoms with Gasteiger partial charge in [0.05, 0.1) is 16.0 Å². The Balaban J connectivity index is 1.30. The predicted octanol–water partition coefficient (Wildman–Crippen LogP) is 4.38. The molecule has 1 saturated heterocycles. The first-order valence-corrected chi connectivity index (χ1v) is 11.0. The van der Waals surface area contributed by atoms with E-state index in [9.17, 15) is 18.0 Å². The number of fused-ring (bicyclic) bond motifs is 3. The molecule has 0 aliphatic carbocycles. The second-order valence-electron chi connectivity index (χ2n) is 7.00. The number of hydrogen-bond donors (Lipinski definition) is 0. The maximum atomic E-state index is 13.0. The number of halogens is 3. The quantitative estimate of drug-likeness (QED) is 0.454. The van der Waals surface area contributed by atoms with Gasteiger partial charge < -0.3 is 9.80 Å². The third-order valence-electron chi connectivity index (χ3n) is 5.13. The fourth-order valence-electron chi connectivity index (χ4n) is 3.60. The molecule has 0 radical (unpaired) electrons. The van der Waals surface area contributed by atoms with Crippen molar-refractivity contribution in [3.63, 3.8) is 0 Å². The van der Waals surface area contributed by atoms with Crippen LogP contribution >= 0.6 is 22.7 Å². The Bertz CT molecular complexity index is 1210. The highest BCUT2D eigenvalue weighted by Gasteiger charge is 2.31. The fraction of sp³-hybridized carbons (Fsp3) is 0.316. The van der Waals surface area contributed by atoms with Crippen molar-refractivity contribution in [3.05, 3.63) is 46.4 Å². The van der Waals surface area contributed by atoms with Crippen LogP contribution in [0.5, 0.6) is 0 Å². The number of hydrogen-bond acceptors (Lipinski definition) is 6. The van der Waals surface area contributed by atoms with E-state index in [1.54, 1.807) is 16.2 Å². The van der Waals surface area contributed by atoms with Crippen molar-refractivity contribution in [2.45, 2.75) is 12.6 Å². The van der Waals surface area contributed by atoms with Gasteiger partial charge in [0.2, 0.25) is 0 Å². The van der Waals surface area contributed by atoms with Crippen molar-refractivity contribution < 1.29 is 18.0 Å². The molecule has 5 rings (SSSR count). The number of pyridine rings is 1. The van der Waals surface area contributed by atoms with Crippen LogP contribution in [0.1, 0.15) is 21.7 Å². The Hall–Kier alpha value is -2.66. The van der Waals surface area contributed by atoms with E-state index in [0.29, 0.717) is 43.3 Å². The van der Waals surface area contributed by atoms with Gasteiger partial charge in [0.15, 0.2) is 4.96 Å². The van der Waals surface area contributed by atoms with Crippen LogP contribution in [-0.2, 0) is 6.18 Å². The number of alkyl halides is 3. The summed E-state index contributed by atoms with van der Waals surface area (Å²) in [5, 5.41) is 1.96. The van der Waals surface area contributed by atoms with Gasteiger partial charge in [-0.15, -0.1) is 22.7 Å². The van der Waals surface area contributed by atoms with Gasteiger partial charge in [0, 0.05) is 44.0 Å². The standard InChI is InChI=1S/C19H16F3N5OS2/c20-19(21,22)12-2-3-15(23-11-12)25-4-1-5-26(7-6-25)17(28)14-10-13-16(30-14)24-18-27(13)8-9-29-18/h2-3,8-11H,1,4-7H2. The molecule has 11 heteroatoms. The number of amides is 1. The van der Waals surface area contributed by atoms with Crippen LogP contribution in [0.4, 0.5) is 19.0 Å². The molecule has 6 nitrogen and oxygen atoms in total. The Labute approximate surface area is 177 Å². The lowest BCUT2D eigenvalue weighted by molar-refractivity contribution is -0.137. The number of aromatic nitrogens is 3. The van der Waals surface area contributed by atoms with Crippen molar-refractivity contribution in [2.75, 3.05) is 31.1 Å². The topological polar surface area (TPSA) is 53.7 Å². The van der Waals surface area contributed by atoms with Crippen molar-refractivity contribution in [1.29, 1.82) is 0 Å². The first kappa shape index (κ1) is 19.3. The first-order chi connectivity index (χ1) is 14.4. The van der Waals surface area contributed by atoms with Crippen molar-refractivity contribution in [1.82, 2.24) is 19.3 Å². The molecule has 5 heterocycles. The summed E-state index contributed by atoms with van der Waals surface area (Å²) in [6.07, 6.45) is -0.885. The van der Waals surface area contributed by atoms with Crippen LogP contribution in [0, 0.1) is 0 Å². The van der Waals surface area contributed by atoms with Crippen molar-refractivity contribution >= 4 is 49.7 Å². The highest BCUT2D eigenvalue weighted by Crippen LogP contribution is 2.31. The fourth-order valence-corrected chi connectivity index (χ4v) is 5.37. The van der Waals surface area contributed by atoms with E-state index in [1.165, 1.54) is 17.4 Å². The Morgan fingerprint density at radius 2 is 2.00 bits per heavy atom. The van der Waals surface area contributed by atoms with Gasteiger partial charge in [0.25, 0.3) is 5.91 Å². The molecular weight excluding hydrogens is 435 g/mol. The van der Waals surface area contributed by atoms with Crippen LogP contribution in [-0.4, -0.2) is 51.4 Å². The van der Waals surface area contributed by atoms with Gasteiger partial charge in [-0.3, -0.25) is 9.20 Å². The number of carbonyl (C=O) groups excluding carboxylic acids is 1. The Kier molecular flexibility index (Phi) is 4.66. The maximum Gasteiger partial charge on any atom is 0.417 e. The number of imidazole rings is 1. The summed E-state index contributed by atoms with van der Waals surface area (Å²) in [5.74, 6) is 0.455. The molecule has 0 saturated carbocycles. The third-order valence-corrected chi connectivity index (χ3v) is 6.90. The second-order valence-corrected chi connectivity index (χ2v) is 8.91. The summed E-state index contributed by atoms with van der Waals surface area (Å²) in [6.45, 7) is 2.22. The summed E-state index contributed by atoms with van der Waals surface area (Å²) in [7, 11) is 0. The average molecular weight is 451 g/mol. The number of thiazole rings is 1. The monoisotopic (exact) mass is 451 g/mol. The minimum atomic E-state index is -4.40. The van der Waals surface area contributed by atoms with Crippen LogP contribution in [0.3, 0.4) is 0 Å². The molecular formula is C19H16F3N5OS2. The Morgan fingerprint density at radius 1 is 1.13 bits per heavy atom. The highest BCUT2D eigenvalue weighted by molar-refractivity contribution is 7.21. The summed E-state index contributed by atoms with van der Waals surface area (Å²) >= 11 is 2.94. The molecule has 4 aromatic rings. The minimum Gasteiger partial charge on any atom is -0.355 e. The number of thiophene rings is 1. The molecule has 0 bridgehead atoms. The van der Waals surface area contributed by atoms with Gasteiger partial charge in [-0.1, -0.05) is 0 Å². The van der Waals surface area contributed by atoms with Crippen LogP contribution in [0.15, 0.2) is 36.0 Å². The lowest BCUT2D eigenvalue weighted by Crippen LogP contribution is -2.35. The van der Waals surface area contributed by atoms with E-state index < -0.39 is 11.7 Å². The summed E-state index contributed by atoms with van der Waals surface area (Å²) < 4.78 is 40.2. The SMILES string of the molecule is O=C(c1cc2c(nc3sccn32)s1)N1CCCN(c2ccc(C(F)(F)F)cn2)CC1. The number of carbonyl (C=O) groups is 1. The lowest BCUT2D eigenvalue weighted by Gasteiger charge is -2.23. The zero-order valence-corrected chi connectivity index (χ0v) is 17.2. The second kappa shape index (κ2) is 7.24. The number of rotatable bonds is 2. The molecule has 0 atom stereocenters. The Morgan fingerprint density at radius 3 is 2.77 bits per heavy atom. The zero-order valence-electron chi connectivity index (χ0n) is 15.6. The molecule has 30 heavy (non-hydrogen) atoms. The molecule has 1 fully saturated rings. The summed E-state index contributed by atoms with van der Waals surface area (Å²) in [6, 6.07) is 4.32. The molecule has 0 N–H and O–H groups in total. The van der Waals surface area contributed by atoms with E-state index in [4.69, 9.17) is 0 Å². The molecule has 1 aliphatic rings. The zero-order chi connectivity index (χ0) is 20.9. The average Bonchev–Trinajstić information content (AvgIpc) is 3.34. The molecule has 4 aromatic heterocycles. The van der Waals surface area contributed by atoms with Gasteiger partial charge >= 0.3 is 6.18 Å². The maximum absolute atomic E-state index is 13.0.